The normalized spacial score (nSPS) is 11.3. The zero-order valence-electron chi connectivity index (χ0n) is 20.1. The van der Waals surface area contributed by atoms with Crippen LogP contribution >= 0.6 is 11.6 Å². The van der Waals surface area contributed by atoms with Gasteiger partial charge in [0.15, 0.2) is 18.1 Å². The van der Waals surface area contributed by atoms with E-state index in [4.69, 9.17) is 21.1 Å². The second-order valence-corrected chi connectivity index (χ2v) is 8.23. The van der Waals surface area contributed by atoms with E-state index < -0.39 is 28.3 Å². The number of benzene rings is 3. The summed E-state index contributed by atoms with van der Waals surface area (Å²) in [5.74, 6) is -0.0819. The number of rotatable bonds is 10. The Morgan fingerprint density at radius 1 is 1.13 bits per heavy atom. The van der Waals surface area contributed by atoms with Crippen molar-refractivity contribution in [3.05, 3.63) is 86.4 Å². The van der Waals surface area contributed by atoms with E-state index in [2.05, 4.69) is 15.8 Å². The molecule has 0 bridgehead atoms. The van der Waals surface area contributed by atoms with Gasteiger partial charge in [-0.3, -0.25) is 20.3 Å². The summed E-state index contributed by atoms with van der Waals surface area (Å²) in [4.78, 5) is 22.6. The predicted octanol–water partition coefficient (Wildman–Crippen LogP) is 6.44. The van der Waals surface area contributed by atoms with E-state index in [1.54, 1.807) is 19.1 Å². The number of nitrogens with zero attached hydrogens (tertiary/aromatic N) is 2. The standard InChI is InChI=1S/C25H22ClF3N4O5/c1-3-37-22-11-16(13-30-32-20-9-6-17(25(27,28)29)12-21(20)33(35)36)10-19(26)24(22)38-14-23(34)31-18-7-4-15(2)5-8-18/h4-13,32H,3,14H2,1-2H3,(H,31,34)/b30-13-. The molecule has 0 spiro atoms. The fourth-order valence-corrected chi connectivity index (χ4v) is 3.44. The van der Waals surface area contributed by atoms with Gasteiger partial charge in [0.1, 0.15) is 5.69 Å². The molecule has 3 rings (SSSR count). The molecule has 0 saturated carbocycles. The van der Waals surface area contributed by atoms with Gasteiger partial charge in [-0.2, -0.15) is 18.3 Å². The van der Waals surface area contributed by atoms with Crippen molar-refractivity contribution in [2.45, 2.75) is 20.0 Å². The largest absolute Gasteiger partial charge is 0.490 e. The smallest absolute Gasteiger partial charge is 0.416 e. The minimum Gasteiger partial charge on any atom is -0.490 e. The lowest BCUT2D eigenvalue weighted by Gasteiger charge is -2.14. The molecule has 3 aromatic carbocycles. The van der Waals surface area contributed by atoms with Crippen LogP contribution in [0.15, 0.2) is 59.7 Å². The van der Waals surface area contributed by atoms with Crippen molar-refractivity contribution in [1.82, 2.24) is 0 Å². The Balaban J connectivity index is 1.73. The number of nitro groups is 1. The average Bonchev–Trinajstić information content (AvgIpc) is 2.84. The van der Waals surface area contributed by atoms with E-state index in [0.717, 1.165) is 11.6 Å². The highest BCUT2D eigenvalue weighted by Gasteiger charge is 2.33. The van der Waals surface area contributed by atoms with Crippen molar-refractivity contribution in [2.75, 3.05) is 24.0 Å². The number of anilines is 2. The van der Waals surface area contributed by atoms with E-state index >= 15 is 0 Å². The number of halogens is 4. The number of amides is 1. The van der Waals surface area contributed by atoms with E-state index in [1.807, 2.05) is 19.1 Å². The summed E-state index contributed by atoms with van der Waals surface area (Å²) in [6, 6.07) is 12.2. The maximum atomic E-state index is 12.9. The Bertz CT molecular complexity index is 1350. The molecule has 200 valence electrons. The van der Waals surface area contributed by atoms with Crippen molar-refractivity contribution in [1.29, 1.82) is 0 Å². The number of aryl methyl sites for hydroxylation is 1. The van der Waals surface area contributed by atoms with Gasteiger partial charge in [0.05, 0.1) is 28.3 Å². The molecule has 9 nitrogen and oxygen atoms in total. The lowest BCUT2D eigenvalue weighted by atomic mass is 10.1. The minimum atomic E-state index is -4.73. The van der Waals surface area contributed by atoms with Crippen LogP contribution in [0, 0.1) is 17.0 Å². The van der Waals surface area contributed by atoms with Gasteiger partial charge in [-0.05, 0) is 55.8 Å². The molecule has 0 fully saturated rings. The lowest BCUT2D eigenvalue weighted by Crippen LogP contribution is -2.20. The first-order valence-electron chi connectivity index (χ1n) is 11.1. The molecule has 0 aliphatic heterocycles. The van der Waals surface area contributed by atoms with Gasteiger partial charge in [-0.1, -0.05) is 29.3 Å². The molecule has 2 N–H and O–H groups in total. The van der Waals surface area contributed by atoms with Crippen molar-refractivity contribution in [3.63, 3.8) is 0 Å². The fourth-order valence-electron chi connectivity index (χ4n) is 3.17. The predicted molar refractivity (Wildman–Crippen MR) is 137 cm³/mol. The van der Waals surface area contributed by atoms with Gasteiger partial charge in [0, 0.05) is 11.8 Å². The summed E-state index contributed by atoms with van der Waals surface area (Å²) in [5, 5.41) is 17.9. The number of carbonyl (C=O) groups excluding carboxylic acids is 1. The summed E-state index contributed by atoms with van der Waals surface area (Å²) in [7, 11) is 0. The average molecular weight is 551 g/mol. The van der Waals surface area contributed by atoms with Gasteiger partial charge in [0.2, 0.25) is 0 Å². The van der Waals surface area contributed by atoms with Gasteiger partial charge in [-0.15, -0.1) is 0 Å². The summed E-state index contributed by atoms with van der Waals surface area (Å²) in [6.07, 6.45) is -3.49. The summed E-state index contributed by atoms with van der Waals surface area (Å²) in [5.41, 5.74) is 2.21. The zero-order chi connectivity index (χ0) is 27.9. The Morgan fingerprint density at radius 3 is 2.47 bits per heavy atom. The van der Waals surface area contributed by atoms with Crippen LogP contribution in [-0.4, -0.2) is 30.3 Å². The maximum Gasteiger partial charge on any atom is 0.416 e. The quantitative estimate of drug-likeness (QED) is 0.171. The molecule has 0 aliphatic rings. The molecule has 0 radical (unpaired) electrons. The summed E-state index contributed by atoms with van der Waals surface area (Å²) < 4.78 is 49.8. The number of nitrogens with one attached hydrogen (secondary N) is 2. The molecular weight excluding hydrogens is 529 g/mol. The third-order valence-corrected chi connectivity index (χ3v) is 5.22. The van der Waals surface area contributed by atoms with Gasteiger partial charge in [0.25, 0.3) is 11.6 Å². The molecule has 38 heavy (non-hydrogen) atoms. The van der Waals surface area contributed by atoms with Crippen molar-refractivity contribution < 1.29 is 32.4 Å². The number of carbonyl (C=O) groups is 1. The minimum absolute atomic E-state index is 0.0982. The van der Waals surface area contributed by atoms with E-state index in [0.29, 0.717) is 23.4 Å². The zero-order valence-corrected chi connectivity index (χ0v) is 20.9. The van der Waals surface area contributed by atoms with Crippen LogP contribution in [-0.2, 0) is 11.0 Å². The van der Waals surface area contributed by atoms with Crippen molar-refractivity contribution in [3.8, 4) is 11.5 Å². The first-order valence-corrected chi connectivity index (χ1v) is 11.5. The van der Waals surface area contributed by atoms with Gasteiger partial charge in [-0.25, -0.2) is 0 Å². The summed E-state index contributed by atoms with van der Waals surface area (Å²) >= 11 is 6.34. The molecule has 0 aliphatic carbocycles. The monoisotopic (exact) mass is 550 g/mol. The van der Waals surface area contributed by atoms with E-state index in [9.17, 15) is 28.1 Å². The molecule has 3 aromatic rings. The second kappa shape index (κ2) is 12.3. The van der Waals surface area contributed by atoms with Crippen LogP contribution < -0.4 is 20.2 Å². The van der Waals surface area contributed by atoms with E-state index in [1.165, 1.54) is 18.3 Å². The fraction of sp³-hybridized carbons (Fsp3) is 0.200. The Hall–Kier alpha value is -4.32. The van der Waals surface area contributed by atoms with Crippen LogP contribution in [0.1, 0.15) is 23.6 Å². The number of nitro benzene ring substituents is 1. The first-order chi connectivity index (χ1) is 18.0. The number of hydrogen-bond donors (Lipinski definition) is 2. The highest BCUT2D eigenvalue weighted by Crippen LogP contribution is 2.37. The SMILES string of the molecule is CCOc1cc(/C=N\Nc2ccc(C(F)(F)F)cc2[N+](=O)[O-])cc(Cl)c1OCC(=O)Nc1ccc(C)cc1. The number of alkyl halides is 3. The van der Waals surface area contributed by atoms with Gasteiger partial charge >= 0.3 is 6.18 Å². The van der Waals surface area contributed by atoms with Crippen molar-refractivity contribution in [2.24, 2.45) is 5.10 Å². The molecular formula is C25H22ClF3N4O5. The Labute approximate surface area is 220 Å². The van der Waals surface area contributed by atoms with Crippen molar-refractivity contribution >= 4 is 40.8 Å². The van der Waals surface area contributed by atoms with E-state index in [-0.39, 0.29) is 35.4 Å². The molecule has 1 amide bonds. The Kier molecular flexibility index (Phi) is 9.13. The van der Waals surface area contributed by atoms with Crippen LogP contribution in [0.2, 0.25) is 5.02 Å². The topological polar surface area (TPSA) is 115 Å². The molecule has 0 unspecified atom stereocenters. The highest BCUT2D eigenvalue weighted by molar-refractivity contribution is 6.32. The summed E-state index contributed by atoms with van der Waals surface area (Å²) in [6.45, 7) is 3.56. The molecule has 13 heteroatoms. The van der Waals surface area contributed by atoms with Crippen LogP contribution in [0.3, 0.4) is 0 Å². The first kappa shape index (κ1) is 28.3. The van der Waals surface area contributed by atoms with Crippen LogP contribution in [0.25, 0.3) is 0 Å². The number of ether oxygens (including phenoxy) is 2. The molecule has 0 aromatic heterocycles. The van der Waals surface area contributed by atoms with Crippen LogP contribution in [0.5, 0.6) is 11.5 Å². The molecule has 0 atom stereocenters. The number of hydrazone groups is 1. The highest BCUT2D eigenvalue weighted by atomic mass is 35.5. The molecule has 0 saturated heterocycles. The lowest BCUT2D eigenvalue weighted by molar-refractivity contribution is -0.384. The second-order valence-electron chi connectivity index (χ2n) is 7.82. The third kappa shape index (κ3) is 7.59. The maximum absolute atomic E-state index is 12.9. The van der Waals surface area contributed by atoms with Crippen LogP contribution in [0.4, 0.5) is 30.2 Å². The number of hydrogen-bond acceptors (Lipinski definition) is 7. The molecule has 0 heterocycles. The Morgan fingerprint density at radius 2 is 1.84 bits per heavy atom. The third-order valence-electron chi connectivity index (χ3n) is 4.94. The van der Waals surface area contributed by atoms with Gasteiger partial charge < -0.3 is 14.8 Å².